The smallest absolute Gasteiger partial charge is 0.351 e. The van der Waals surface area contributed by atoms with Crippen molar-refractivity contribution in [1.29, 1.82) is 0 Å². The third-order valence-corrected chi connectivity index (χ3v) is 2.64. The Hall–Kier alpha value is -2.57. The summed E-state index contributed by atoms with van der Waals surface area (Å²) in [6.45, 7) is 0. The van der Waals surface area contributed by atoms with E-state index in [4.69, 9.17) is 10.8 Å². The molecule has 0 spiro atoms. The van der Waals surface area contributed by atoms with Crippen LogP contribution in [0.4, 0.5) is 11.6 Å². The number of aliphatic carboxylic acids is 1. The molecule has 6 N–H and O–H groups in total. The number of H-pyrrole nitrogens is 2. The normalized spacial score (nSPS) is 10.5. The molecule has 2 aromatic rings. The Morgan fingerprint density at radius 1 is 1.37 bits per heavy atom. The second-order valence-corrected chi connectivity index (χ2v) is 4.22. The average Bonchev–Trinajstić information content (AvgIpc) is 2.67. The summed E-state index contributed by atoms with van der Waals surface area (Å²) in [6.07, 6.45) is 0.505. The molecule has 2 rings (SSSR count). The van der Waals surface area contributed by atoms with E-state index in [0.29, 0.717) is 18.1 Å². The molecule has 0 bridgehead atoms. The van der Waals surface area contributed by atoms with E-state index in [2.05, 4.69) is 15.3 Å². The van der Waals surface area contributed by atoms with Crippen LogP contribution in [-0.4, -0.2) is 22.0 Å². The summed E-state index contributed by atoms with van der Waals surface area (Å²) >= 11 is 0. The Morgan fingerprint density at radius 3 is 2.89 bits per heavy atom. The standard InChI is InChI=1S/C12H14N4O3/c13-12-15-8-5-4-7(6-9(8)16-12)14-10(17)2-1-3-11(18)19/h4-6H,1-3H2,(H,14,17)(H,18,19)(H3,13,15,16)/p+1. The van der Waals surface area contributed by atoms with Gasteiger partial charge in [0.25, 0.3) is 0 Å². The van der Waals surface area contributed by atoms with Crippen molar-refractivity contribution in [3.63, 3.8) is 0 Å². The SMILES string of the molecule is Nc1[nH]c2cc(NC(=O)CCCC(=O)O)ccc2[nH+]1. The van der Waals surface area contributed by atoms with Gasteiger partial charge in [-0.3, -0.25) is 15.3 Å². The number of hydrogen-bond donors (Lipinski definition) is 4. The Bertz CT molecular complexity index is 620. The molecule has 1 heterocycles. The van der Waals surface area contributed by atoms with Crippen LogP contribution in [0.5, 0.6) is 0 Å². The first-order chi connectivity index (χ1) is 9.04. The quantitative estimate of drug-likeness (QED) is 0.635. The van der Waals surface area contributed by atoms with Gasteiger partial charge >= 0.3 is 11.9 Å². The number of amides is 1. The van der Waals surface area contributed by atoms with Crippen molar-refractivity contribution in [2.45, 2.75) is 19.3 Å². The number of hydrogen-bond acceptors (Lipinski definition) is 3. The Balaban J connectivity index is 1.96. The molecule has 0 saturated carbocycles. The van der Waals surface area contributed by atoms with Crippen LogP contribution in [0.2, 0.25) is 0 Å². The molecular formula is C12H15N4O3+. The van der Waals surface area contributed by atoms with Gasteiger partial charge in [-0.2, -0.15) is 0 Å². The zero-order valence-electron chi connectivity index (χ0n) is 10.2. The van der Waals surface area contributed by atoms with Crippen molar-refractivity contribution in [3.8, 4) is 0 Å². The highest BCUT2D eigenvalue weighted by Crippen LogP contribution is 2.15. The summed E-state index contributed by atoms with van der Waals surface area (Å²) in [5.41, 5.74) is 7.86. The first kappa shape index (κ1) is 12.9. The number of anilines is 2. The number of carbonyl (C=O) groups excluding carboxylic acids is 1. The number of benzene rings is 1. The third-order valence-electron chi connectivity index (χ3n) is 2.64. The molecule has 7 heteroatoms. The van der Waals surface area contributed by atoms with Gasteiger partial charge in [0.15, 0.2) is 0 Å². The second-order valence-electron chi connectivity index (χ2n) is 4.22. The summed E-state index contributed by atoms with van der Waals surface area (Å²) in [5, 5.41) is 11.2. The van der Waals surface area contributed by atoms with E-state index in [0.717, 1.165) is 11.0 Å². The number of nitrogen functional groups attached to an aromatic ring is 1. The lowest BCUT2D eigenvalue weighted by Gasteiger charge is -2.03. The highest BCUT2D eigenvalue weighted by atomic mass is 16.4. The lowest BCUT2D eigenvalue weighted by molar-refractivity contribution is -0.325. The van der Waals surface area contributed by atoms with Crippen LogP contribution in [0, 0.1) is 0 Å². The maximum atomic E-state index is 11.6. The monoisotopic (exact) mass is 263 g/mol. The summed E-state index contributed by atoms with van der Waals surface area (Å²) in [5.74, 6) is -0.657. The summed E-state index contributed by atoms with van der Waals surface area (Å²) < 4.78 is 0. The number of carbonyl (C=O) groups is 2. The number of carboxylic acids is 1. The second kappa shape index (κ2) is 5.38. The van der Waals surface area contributed by atoms with Gasteiger partial charge in [0.1, 0.15) is 11.0 Å². The van der Waals surface area contributed by atoms with E-state index >= 15 is 0 Å². The van der Waals surface area contributed by atoms with Gasteiger partial charge in [-0.05, 0) is 18.6 Å². The predicted molar refractivity (Wildman–Crippen MR) is 69.4 cm³/mol. The lowest BCUT2D eigenvalue weighted by Crippen LogP contribution is -2.12. The minimum atomic E-state index is -0.897. The van der Waals surface area contributed by atoms with Crippen molar-refractivity contribution in [2.75, 3.05) is 11.1 Å². The fourth-order valence-corrected chi connectivity index (χ4v) is 1.78. The molecule has 0 aliphatic carbocycles. The van der Waals surface area contributed by atoms with E-state index in [1.54, 1.807) is 18.2 Å². The van der Waals surface area contributed by atoms with Crippen molar-refractivity contribution in [2.24, 2.45) is 0 Å². The highest BCUT2D eigenvalue weighted by Gasteiger charge is 2.08. The van der Waals surface area contributed by atoms with Crippen LogP contribution >= 0.6 is 0 Å². The molecule has 100 valence electrons. The van der Waals surface area contributed by atoms with Gasteiger partial charge in [-0.25, -0.2) is 9.97 Å². The Kier molecular flexibility index (Phi) is 3.65. The van der Waals surface area contributed by atoms with E-state index in [1.165, 1.54) is 0 Å². The largest absolute Gasteiger partial charge is 0.481 e. The molecule has 0 unspecified atom stereocenters. The number of nitrogens with two attached hydrogens (primary N) is 1. The van der Waals surface area contributed by atoms with Crippen molar-refractivity contribution >= 4 is 34.5 Å². The first-order valence-electron chi connectivity index (χ1n) is 5.87. The summed E-state index contributed by atoms with van der Waals surface area (Å²) in [7, 11) is 0. The van der Waals surface area contributed by atoms with Crippen molar-refractivity contribution in [1.82, 2.24) is 4.98 Å². The molecule has 0 saturated heterocycles. The lowest BCUT2D eigenvalue weighted by atomic mass is 10.2. The van der Waals surface area contributed by atoms with Gasteiger partial charge in [0.05, 0.1) is 0 Å². The maximum Gasteiger partial charge on any atom is 0.351 e. The van der Waals surface area contributed by atoms with E-state index in [9.17, 15) is 9.59 Å². The number of carboxylic acid groups (broad SMARTS) is 1. The molecule has 7 nitrogen and oxygen atoms in total. The predicted octanol–water partition coefficient (Wildman–Crippen LogP) is 0.758. The fraction of sp³-hybridized carbons (Fsp3) is 0.250. The Labute approximate surface area is 108 Å². The number of rotatable bonds is 5. The van der Waals surface area contributed by atoms with Gasteiger partial charge < -0.3 is 10.4 Å². The minimum absolute atomic E-state index is 0.00538. The number of aromatic nitrogens is 2. The maximum absolute atomic E-state index is 11.6. The number of imidazole rings is 1. The summed E-state index contributed by atoms with van der Waals surface area (Å²) in [4.78, 5) is 27.8. The zero-order valence-corrected chi connectivity index (χ0v) is 10.2. The molecule has 0 aliphatic rings. The molecule has 0 aliphatic heterocycles. The van der Waals surface area contributed by atoms with Crippen LogP contribution in [0.3, 0.4) is 0 Å². The van der Waals surface area contributed by atoms with Gasteiger partial charge in [-0.1, -0.05) is 0 Å². The number of fused-ring (bicyclic) bond motifs is 1. The number of nitrogens with one attached hydrogen (secondary N) is 3. The molecule has 1 aromatic carbocycles. The van der Waals surface area contributed by atoms with E-state index in [1.807, 2.05) is 0 Å². The number of aromatic amines is 2. The molecule has 0 atom stereocenters. The van der Waals surface area contributed by atoms with Crippen LogP contribution in [0.1, 0.15) is 19.3 Å². The zero-order chi connectivity index (χ0) is 13.8. The topological polar surface area (TPSA) is 122 Å². The average molecular weight is 263 g/mol. The van der Waals surface area contributed by atoms with Crippen molar-refractivity contribution in [3.05, 3.63) is 18.2 Å². The molecule has 1 aromatic heterocycles. The third kappa shape index (κ3) is 3.44. The van der Waals surface area contributed by atoms with Crippen LogP contribution < -0.4 is 16.0 Å². The summed E-state index contributed by atoms with van der Waals surface area (Å²) in [6, 6.07) is 5.31. The van der Waals surface area contributed by atoms with Gasteiger partial charge in [0.2, 0.25) is 5.91 Å². The first-order valence-corrected chi connectivity index (χ1v) is 5.87. The van der Waals surface area contributed by atoms with Gasteiger partial charge in [-0.15, -0.1) is 0 Å². The fourth-order valence-electron chi connectivity index (χ4n) is 1.78. The molecule has 19 heavy (non-hydrogen) atoms. The molecule has 1 amide bonds. The van der Waals surface area contributed by atoms with Crippen molar-refractivity contribution < 1.29 is 19.7 Å². The van der Waals surface area contributed by atoms with E-state index in [-0.39, 0.29) is 18.7 Å². The highest BCUT2D eigenvalue weighted by molar-refractivity contribution is 5.92. The molecule has 0 radical (unpaired) electrons. The van der Waals surface area contributed by atoms with Crippen LogP contribution in [-0.2, 0) is 9.59 Å². The molecule has 0 fully saturated rings. The van der Waals surface area contributed by atoms with E-state index < -0.39 is 5.97 Å². The van der Waals surface area contributed by atoms with Crippen LogP contribution in [0.15, 0.2) is 18.2 Å². The van der Waals surface area contributed by atoms with Gasteiger partial charge in [0, 0.05) is 24.6 Å². The Morgan fingerprint density at radius 2 is 2.16 bits per heavy atom. The minimum Gasteiger partial charge on any atom is -0.481 e. The molecular weight excluding hydrogens is 248 g/mol. The van der Waals surface area contributed by atoms with Crippen LogP contribution in [0.25, 0.3) is 11.0 Å².